The summed E-state index contributed by atoms with van der Waals surface area (Å²) in [5.41, 5.74) is 17.3. The summed E-state index contributed by atoms with van der Waals surface area (Å²) in [6.07, 6.45) is -3.61. The second kappa shape index (κ2) is 28.5. The van der Waals surface area contributed by atoms with E-state index >= 15 is 0 Å². The van der Waals surface area contributed by atoms with Crippen LogP contribution in [0.5, 0.6) is 0 Å². The lowest BCUT2D eigenvalue weighted by Gasteiger charge is -2.29. The van der Waals surface area contributed by atoms with Gasteiger partial charge in [0.1, 0.15) is 36.3 Å². The number of aliphatic hydroxyl groups is 2. The van der Waals surface area contributed by atoms with Gasteiger partial charge in [0, 0.05) is 12.8 Å². The molecule has 6 amide bonds. The van der Waals surface area contributed by atoms with E-state index in [1.807, 2.05) is 19.2 Å². The Morgan fingerprint density at radius 2 is 0.814 bits per heavy atom. The molecule has 17 N–H and O–H groups in total. The monoisotopic (exact) mass is 847 g/mol. The molecule has 59 heavy (non-hydrogen) atoms. The fourth-order valence-corrected chi connectivity index (χ4v) is 5.59. The number of aliphatic carboxylic acids is 3. The van der Waals surface area contributed by atoms with Crippen LogP contribution in [0.4, 0.5) is 0 Å². The Morgan fingerprint density at radius 1 is 0.475 bits per heavy atom. The number of hydrogen-bond donors (Lipinski definition) is 14. The number of carbonyl (C=O) groups is 9. The third-order valence-electron chi connectivity index (χ3n) is 8.89. The van der Waals surface area contributed by atoms with Crippen molar-refractivity contribution in [1.82, 2.24) is 31.9 Å². The quantitative estimate of drug-likeness (QED) is 0.0297. The molecular formula is C36H65N9O14. The van der Waals surface area contributed by atoms with E-state index in [9.17, 15) is 63.6 Å². The summed E-state index contributed by atoms with van der Waals surface area (Å²) < 4.78 is 0. The molecule has 23 heteroatoms. The number of hydrogen-bond acceptors (Lipinski definition) is 14. The van der Waals surface area contributed by atoms with Gasteiger partial charge in [0.15, 0.2) is 0 Å². The van der Waals surface area contributed by atoms with Gasteiger partial charge in [0.2, 0.25) is 35.4 Å². The second-order valence-electron chi connectivity index (χ2n) is 14.7. The zero-order valence-electron chi connectivity index (χ0n) is 34.1. The van der Waals surface area contributed by atoms with Crippen molar-refractivity contribution in [3.05, 3.63) is 0 Å². The normalized spacial score (nSPS) is 15.8. The number of carbonyl (C=O) groups excluding carboxylic acids is 6. The Morgan fingerprint density at radius 3 is 1.17 bits per heavy atom. The van der Waals surface area contributed by atoms with Gasteiger partial charge in [0.05, 0.1) is 18.2 Å². The maximum atomic E-state index is 13.7. The molecule has 0 saturated carbocycles. The van der Waals surface area contributed by atoms with Crippen molar-refractivity contribution >= 4 is 53.4 Å². The molecule has 0 unspecified atom stereocenters. The molecule has 338 valence electrons. The number of aliphatic hydroxyl groups excluding tert-OH is 2. The van der Waals surface area contributed by atoms with Crippen molar-refractivity contribution in [3.63, 3.8) is 0 Å². The van der Waals surface area contributed by atoms with Crippen LogP contribution in [0.3, 0.4) is 0 Å². The highest BCUT2D eigenvalue weighted by atomic mass is 16.4. The van der Waals surface area contributed by atoms with Crippen molar-refractivity contribution in [2.45, 2.75) is 153 Å². The maximum Gasteiger partial charge on any atom is 0.326 e. The fourth-order valence-electron chi connectivity index (χ4n) is 5.59. The molecule has 0 aromatic rings. The summed E-state index contributed by atoms with van der Waals surface area (Å²) in [5, 5.41) is 62.4. The average Bonchev–Trinajstić information content (AvgIpc) is 3.13. The number of amides is 6. The Hall–Kier alpha value is -4.97. The molecule has 0 aromatic heterocycles. The van der Waals surface area contributed by atoms with Crippen LogP contribution >= 0.6 is 0 Å². The molecule has 0 aliphatic heterocycles. The van der Waals surface area contributed by atoms with E-state index < -0.39 is 134 Å². The van der Waals surface area contributed by atoms with E-state index in [-0.39, 0.29) is 25.3 Å². The minimum Gasteiger partial charge on any atom is -0.481 e. The lowest BCUT2D eigenvalue weighted by atomic mass is 10.0. The molecule has 0 bridgehead atoms. The topological polar surface area (TPSA) is 405 Å². The van der Waals surface area contributed by atoms with Gasteiger partial charge >= 0.3 is 17.9 Å². The van der Waals surface area contributed by atoms with E-state index in [1.54, 1.807) is 0 Å². The minimum absolute atomic E-state index is 0.00470. The van der Waals surface area contributed by atoms with Gasteiger partial charge in [-0.3, -0.25) is 38.4 Å². The SMILES string of the molecule is CC(C)C[C@H](N)C(=O)N[C@@H](CCCCN)C(=O)N[C@@H](CCCCN)C(=O)N[C@H](C(=O)N[C@@H](CCC(=O)O)C(=O)N[C@H](C(=O)N[C@@H](CCC(=O)O)C(=O)O)[C@@H](C)O)[C@@H](C)O. The van der Waals surface area contributed by atoms with Gasteiger partial charge < -0.3 is 74.6 Å². The molecule has 23 nitrogen and oxygen atoms in total. The van der Waals surface area contributed by atoms with E-state index in [0.717, 1.165) is 13.8 Å². The van der Waals surface area contributed by atoms with Crippen LogP contribution in [-0.4, -0.2) is 146 Å². The van der Waals surface area contributed by atoms with Crippen LogP contribution in [0.15, 0.2) is 0 Å². The van der Waals surface area contributed by atoms with Gasteiger partial charge in [-0.15, -0.1) is 0 Å². The Kier molecular flexibility index (Phi) is 26.1. The van der Waals surface area contributed by atoms with Crippen LogP contribution in [0.2, 0.25) is 0 Å². The summed E-state index contributed by atoms with van der Waals surface area (Å²) in [5.74, 6) is -10.2. The van der Waals surface area contributed by atoms with Gasteiger partial charge in [-0.1, -0.05) is 13.8 Å². The zero-order valence-corrected chi connectivity index (χ0v) is 34.1. The summed E-state index contributed by atoms with van der Waals surface area (Å²) in [6.45, 7) is 6.49. The standard InChI is InChI=1S/C36H65N9O14/c1-18(2)17-21(39)30(52)40-22(9-5-7-15-37)31(53)41-23(10-6-8-16-38)32(54)44-28(19(3)46)34(56)42-24(11-13-26(48)49)33(55)45-29(20(4)47)35(57)43-25(36(58)59)12-14-27(50)51/h18-25,28-29,46-47H,5-17,37-39H2,1-4H3,(H,40,52)(H,41,53)(H,42,56)(H,43,57)(H,44,54)(H,45,55)(H,48,49)(H,50,51)(H,58,59)/t19-,20-,21+,22+,23+,24+,25+,28+,29+/m1/s1. The zero-order chi connectivity index (χ0) is 45.4. The molecule has 0 heterocycles. The summed E-state index contributed by atoms with van der Waals surface area (Å²) in [4.78, 5) is 114. The summed E-state index contributed by atoms with van der Waals surface area (Å²) in [6, 6.07) is -10.5. The number of carboxylic acid groups (broad SMARTS) is 3. The van der Waals surface area contributed by atoms with Crippen molar-refractivity contribution in [2.75, 3.05) is 13.1 Å². The summed E-state index contributed by atoms with van der Waals surface area (Å²) in [7, 11) is 0. The smallest absolute Gasteiger partial charge is 0.326 e. The Bertz CT molecular complexity index is 1410. The predicted molar refractivity (Wildman–Crippen MR) is 210 cm³/mol. The van der Waals surface area contributed by atoms with Gasteiger partial charge in [-0.05, 0) is 90.6 Å². The molecule has 0 radical (unpaired) electrons. The lowest BCUT2D eigenvalue weighted by Crippen LogP contribution is -2.62. The molecule has 0 aliphatic carbocycles. The van der Waals surface area contributed by atoms with Gasteiger partial charge in [0.25, 0.3) is 0 Å². The van der Waals surface area contributed by atoms with E-state index in [2.05, 4.69) is 26.6 Å². The number of nitrogens with two attached hydrogens (primary N) is 3. The minimum atomic E-state index is -1.88. The highest BCUT2D eigenvalue weighted by molar-refractivity contribution is 5.97. The van der Waals surface area contributed by atoms with Crippen molar-refractivity contribution in [1.29, 1.82) is 0 Å². The molecular weight excluding hydrogens is 782 g/mol. The molecule has 9 atom stereocenters. The first-order valence-electron chi connectivity index (χ1n) is 19.6. The molecule has 0 spiro atoms. The number of carboxylic acids is 3. The molecule has 0 saturated heterocycles. The van der Waals surface area contributed by atoms with Crippen LogP contribution in [0.1, 0.15) is 98.3 Å². The molecule has 0 fully saturated rings. The van der Waals surface area contributed by atoms with E-state index in [0.29, 0.717) is 38.6 Å². The van der Waals surface area contributed by atoms with Gasteiger partial charge in [-0.2, -0.15) is 0 Å². The second-order valence-corrected chi connectivity index (χ2v) is 14.7. The predicted octanol–water partition coefficient (Wildman–Crippen LogP) is -3.90. The highest BCUT2D eigenvalue weighted by Crippen LogP contribution is 2.10. The summed E-state index contributed by atoms with van der Waals surface area (Å²) >= 11 is 0. The largest absolute Gasteiger partial charge is 0.481 e. The fraction of sp³-hybridized carbons (Fsp3) is 0.750. The first-order valence-corrected chi connectivity index (χ1v) is 19.6. The third-order valence-corrected chi connectivity index (χ3v) is 8.89. The highest BCUT2D eigenvalue weighted by Gasteiger charge is 2.36. The van der Waals surface area contributed by atoms with Crippen molar-refractivity contribution in [2.24, 2.45) is 23.1 Å². The van der Waals surface area contributed by atoms with Crippen molar-refractivity contribution in [3.8, 4) is 0 Å². The van der Waals surface area contributed by atoms with Crippen LogP contribution in [0.25, 0.3) is 0 Å². The van der Waals surface area contributed by atoms with Crippen LogP contribution in [0, 0.1) is 5.92 Å². The lowest BCUT2D eigenvalue weighted by molar-refractivity contribution is -0.144. The Balaban J connectivity index is 6.34. The van der Waals surface area contributed by atoms with E-state index in [4.69, 9.17) is 22.3 Å². The van der Waals surface area contributed by atoms with Crippen LogP contribution in [-0.2, 0) is 43.2 Å². The maximum absolute atomic E-state index is 13.7. The van der Waals surface area contributed by atoms with Gasteiger partial charge in [-0.25, -0.2) is 4.79 Å². The number of rotatable bonds is 31. The molecule has 0 rings (SSSR count). The number of unbranched alkanes of at least 4 members (excludes halogenated alkanes) is 2. The van der Waals surface area contributed by atoms with Crippen LogP contribution < -0.4 is 49.1 Å². The van der Waals surface area contributed by atoms with Crippen molar-refractivity contribution < 1.29 is 68.7 Å². The van der Waals surface area contributed by atoms with E-state index in [1.165, 1.54) is 0 Å². The molecule has 0 aliphatic rings. The third kappa shape index (κ3) is 22.1. The average molecular weight is 848 g/mol. The Labute approximate surface area is 342 Å². The first kappa shape index (κ1) is 54.0. The number of nitrogens with one attached hydrogen (secondary N) is 6. The molecule has 0 aromatic carbocycles. The first-order chi connectivity index (χ1) is 27.5.